The van der Waals surface area contributed by atoms with E-state index in [1.165, 1.54) is 6.08 Å². The Morgan fingerprint density at radius 2 is 2.00 bits per heavy atom. The molecule has 6 heteroatoms. The minimum Gasteiger partial charge on any atom is -0.479 e. The molecule has 0 saturated carbocycles. The number of aromatic nitrogens is 1. The predicted molar refractivity (Wildman–Crippen MR) is 90.8 cm³/mol. The van der Waals surface area contributed by atoms with Crippen LogP contribution in [0.5, 0.6) is 0 Å². The van der Waals surface area contributed by atoms with Crippen molar-refractivity contribution in [3.63, 3.8) is 0 Å². The summed E-state index contributed by atoms with van der Waals surface area (Å²) in [5, 5.41) is 13.1. The minimum atomic E-state index is -1.11. The van der Waals surface area contributed by atoms with Crippen LogP contribution in [-0.2, 0) is 4.79 Å². The summed E-state index contributed by atoms with van der Waals surface area (Å²) < 4.78 is 0. The number of amides is 1. The maximum Gasteiger partial charge on any atom is 0.330 e. The molecule has 0 aliphatic carbocycles. The molecule has 122 valence electrons. The summed E-state index contributed by atoms with van der Waals surface area (Å²) in [6, 6.07) is 5.71. The zero-order valence-electron chi connectivity index (χ0n) is 13.2. The topological polar surface area (TPSA) is 82.2 Å². The lowest BCUT2D eigenvalue weighted by Crippen LogP contribution is -2.39. The Labute approximate surface area is 139 Å². The van der Waals surface area contributed by atoms with Crippen LogP contribution in [-0.4, -0.2) is 28.0 Å². The zero-order valence-corrected chi connectivity index (χ0v) is 13.9. The number of carboxylic acids is 1. The van der Waals surface area contributed by atoms with Crippen LogP contribution in [0.1, 0.15) is 31.1 Å². The molecule has 1 unspecified atom stereocenters. The number of carboxylic acid groups (broad SMARTS) is 1. The fourth-order valence-corrected chi connectivity index (χ4v) is 2.25. The Balaban J connectivity index is 2.19. The van der Waals surface area contributed by atoms with E-state index in [2.05, 4.69) is 10.3 Å². The number of nitrogens with one attached hydrogen (secondary N) is 2. The van der Waals surface area contributed by atoms with Crippen molar-refractivity contribution in [2.45, 2.75) is 26.8 Å². The number of aliphatic carboxylic acids is 1. The Morgan fingerprint density at radius 1 is 1.30 bits per heavy atom. The summed E-state index contributed by atoms with van der Waals surface area (Å²) in [6.07, 6.45) is 3.25. The summed E-state index contributed by atoms with van der Waals surface area (Å²) in [6.45, 7) is 5.85. The van der Waals surface area contributed by atoms with Gasteiger partial charge in [-0.25, -0.2) is 4.79 Å². The highest BCUT2D eigenvalue weighted by molar-refractivity contribution is 6.30. The van der Waals surface area contributed by atoms with Gasteiger partial charge in [0, 0.05) is 16.5 Å². The van der Waals surface area contributed by atoms with Crippen molar-refractivity contribution in [2.75, 3.05) is 0 Å². The van der Waals surface area contributed by atoms with Gasteiger partial charge in [-0.3, -0.25) is 4.79 Å². The van der Waals surface area contributed by atoms with Crippen molar-refractivity contribution >= 4 is 34.4 Å². The Bertz CT molecular complexity index is 772. The van der Waals surface area contributed by atoms with E-state index in [1.54, 1.807) is 30.3 Å². The zero-order chi connectivity index (χ0) is 17.2. The molecule has 1 aromatic heterocycles. The molecule has 0 saturated heterocycles. The number of fused-ring (bicyclic) bond motifs is 1. The number of hydrogen-bond acceptors (Lipinski definition) is 2. The van der Waals surface area contributed by atoms with E-state index in [1.807, 2.05) is 20.8 Å². The highest BCUT2D eigenvalue weighted by Crippen LogP contribution is 2.20. The van der Waals surface area contributed by atoms with E-state index < -0.39 is 17.9 Å². The van der Waals surface area contributed by atoms with Crippen LogP contribution in [0.2, 0.25) is 5.15 Å². The Hall–Kier alpha value is -2.27. The number of aromatic amines is 1. The monoisotopic (exact) mass is 334 g/mol. The molecule has 1 atom stereocenters. The van der Waals surface area contributed by atoms with E-state index in [-0.39, 0.29) is 5.41 Å². The number of hydrogen-bond donors (Lipinski definition) is 3. The third-order valence-corrected chi connectivity index (χ3v) is 3.40. The first-order chi connectivity index (χ1) is 10.7. The quantitative estimate of drug-likeness (QED) is 0.747. The van der Waals surface area contributed by atoms with Gasteiger partial charge in [0.05, 0.1) is 0 Å². The van der Waals surface area contributed by atoms with Crippen LogP contribution < -0.4 is 5.32 Å². The third kappa shape index (κ3) is 4.60. The van der Waals surface area contributed by atoms with Crippen LogP contribution in [0, 0.1) is 5.41 Å². The standard InChI is InChI=1S/C17H19ClN2O3/c1-17(2,3)7-6-12(16(22)23)20-15(21)11-5-4-10-9-14(18)19-13(10)8-11/h4-9,12,19H,1-3H3,(H,20,21)(H,22,23)/b7-6+. The molecule has 0 bridgehead atoms. The first kappa shape index (κ1) is 17.1. The molecular formula is C17H19ClN2O3. The number of allylic oxidation sites excluding steroid dienone is 1. The van der Waals surface area contributed by atoms with E-state index in [4.69, 9.17) is 11.6 Å². The van der Waals surface area contributed by atoms with Gasteiger partial charge >= 0.3 is 5.97 Å². The molecule has 23 heavy (non-hydrogen) atoms. The number of halogens is 1. The second kappa shape index (κ2) is 6.46. The smallest absolute Gasteiger partial charge is 0.330 e. The second-order valence-corrected chi connectivity index (χ2v) is 6.84. The molecule has 1 heterocycles. The van der Waals surface area contributed by atoms with Gasteiger partial charge in [-0.15, -0.1) is 0 Å². The van der Waals surface area contributed by atoms with Gasteiger partial charge in [0.15, 0.2) is 0 Å². The van der Waals surface area contributed by atoms with Crippen LogP contribution in [0.15, 0.2) is 36.4 Å². The molecule has 0 radical (unpaired) electrons. The van der Waals surface area contributed by atoms with Crippen LogP contribution in [0.3, 0.4) is 0 Å². The van der Waals surface area contributed by atoms with E-state index in [0.29, 0.717) is 10.7 Å². The maximum absolute atomic E-state index is 12.3. The number of rotatable bonds is 4. The van der Waals surface area contributed by atoms with Gasteiger partial charge in [-0.2, -0.15) is 0 Å². The number of carbonyl (C=O) groups excluding carboxylic acids is 1. The van der Waals surface area contributed by atoms with Gasteiger partial charge in [0.1, 0.15) is 11.2 Å². The molecule has 0 aliphatic heterocycles. The molecule has 0 spiro atoms. The van der Waals surface area contributed by atoms with Crippen molar-refractivity contribution in [1.29, 1.82) is 0 Å². The van der Waals surface area contributed by atoms with Crippen LogP contribution >= 0.6 is 11.6 Å². The Kier molecular flexibility index (Phi) is 4.80. The van der Waals surface area contributed by atoms with Gasteiger partial charge in [-0.05, 0) is 23.6 Å². The van der Waals surface area contributed by atoms with Crippen molar-refractivity contribution in [3.05, 3.63) is 47.1 Å². The summed E-state index contributed by atoms with van der Waals surface area (Å²) in [7, 11) is 0. The summed E-state index contributed by atoms with van der Waals surface area (Å²) in [4.78, 5) is 26.5. The predicted octanol–water partition coefficient (Wildman–Crippen LogP) is 3.61. The van der Waals surface area contributed by atoms with Crippen molar-refractivity contribution < 1.29 is 14.7 Å². The van der Waals surface area contributed by atoms with Crippen LogP contribution in [0.25, 0.3) is 10.9 Å². The molecule has 1 aromatic carbocycles. The van der Waals surface area contributed by atoms with Crippen molar-refractivity contribution in [2.24, 2.45) is 5.41 Å². The molecule has 5 nitrogen and oxygen atoms in total. The fraction of sp³-hybridized carbons (Fsp3) is 0.294. The largest absolute Gasteiger partial charge is 0.479 e. The molecule has 0 fully saturated rings. The first-order valence-electron chi connectivity index (χ1n) is 7.17. The number of benzene rings is 1. The van der Waals surface area contributed by atoms with Crippen molar-refractivity contribution in [3.8, 4) is 0 Å². The highest BCUT2D eigenvalue weighted by atomic mass is 35.5. The lowest BCUT2D eigenvalue weighted by atomic mass is 9.95. The normalized spacial score (nSPS) is 13.4. The molecule has 2 aromatic rings. The van der Waals surface area contributed by atoms with Crippen LogP contribution in [0.4, 0.5) is 0 Å². The lowest BCUT2D eigenvalue weighted by Gasteiger charge is -2.15. The fourth-order valence-electron chi connectivity index (χ4n) is 2.03. The summed E-state index contributed by atoms with van der Waals surface area (Å²) in [5.74, 6) is -1.56. The van der Waals surface area contributed by atoms with E-state index >= 15 is 0 Å². The molecule has 0 aliphatic rings. The average Bonchev–Trinajstić information content (AvgIpc) is 2.80. The maximum atomic E-state index is 12.3. The van der Waals surface area contributed by atoms with Gasteiger partial charge in [-0.1, -0.05) is 50.6 Å². The van der Waals surface area contributed by atoms with Gasteiger partial charge in [0.25, 0.3) is 5.91 Å². The number of H-pyrrole nitrogens is 1. The highest BCUT2D eigenvalue weighted by Gasteiger charge is 2.19. The first-order valence-corrected chi connectivity index (χ1v) is 7.55. The van der Waals surface area contributed by atoms with Gasteiger partial charge in [0.2, 0.25) is 0 Å². The molecule has 1 amide bonds. The Morgan fingerprint density at radius 3 is 2.61 bits per heavy atom. The second-order valence-electron chi connectivity index (χ2n) is 6.43. The van der Waals surface area contributed by atoms with E-state index in [0.717, 1.165) is 10.9 Å². The van der Waals surface area contributed by atoms with Gasteiger partial charge < -0.3 is 15.4 Å². The van der Waals surface area contributed by atoms with E-state index in [9.17, 15) is 14.7 Å². The SMILES string of the molecule is CC(C)(C)/C=C/C(NC(=O)c1ccc2cc(Cl)[nH]c2c1)C(=O)O. The average molecular weight is 335 g/mol. The molecule has 2 rings (SSSR count). The summed E-state index contributed by atoms with van der Waals surface area (Å²) >= 11 is 5.88. The number of carbonyl (C=O) groups is 2. The van der Waals surface area contributed by atoms with Crippen molar-refractivity contribution in [1.82, 2.24) is 10.3 Å². The molecule has 3 N–H and O–H groups in total. The lowest BCUT2D eigenvalue weighted by molar-refractivity contribution is -0.137. The third-order valence-electron chi connectivity index (χ3n) is 3.19. The summed E-state index contributed by atoms with van der Waals surface area (Å²) in [5.41, 5.74) is 0.921. The minimum absolute atomic E-state index is 0.168. The molecular weight excluding hydrogens is 316 g/mol.